The van der Waals surface area contributed by atoms with Gasteiger partial charge in [-0.2, -0.15) is 0 Å². The van der Waals surface area contributed by atoms with Gasteiger partial charge in [0.05, 0.1) is 6.10 Å². The lowest BCUT2D eigenvalue weighted by atomic mass is 10.1. The van der Waals surface area contributed by atoms with Crippen molar-refractivity contribution in [1.29, 1.82) is 0 Å². The number of hydrogen-bond donors (Lipinski definition) is 1. The third-order valence-electron chi connectivity index (χ3n) is 3.39. The molecule has 0 saturated carbocycles. The second kappa shape index (κ2) is 5.60. The Morgan fingerprint density at radius 2 is 2.00 bits per heavy atom. The number of nitrogens with zero attached hydrogens (tertiary/aromatic N) is 1. The Kier molecular flexibility index (Phi) is 4.22. The zero-order chi connectivity index (χ0) is 14.9. The molecule has 2 aliphatic rings. The molecule has 114 valence electrons. The van der Waals surface area contributed by atoms with E-state index in [0.29, 0.717) is 13.1 Å². The molecule has 0 radical (unpaired) electrons. The third kappa shape index (κ3) is 4.10. The molecule has 0 aromatic rings. The first-order valence-electron chi connectivity index (χ1n) is 7.20. The monoisotopic (exact) mass is 284 g/mol. The van der Waals surface area contributed by atoms with Gasteiger partial charge in [-0.25, -0.2) is 4.79 Å². The molecule has 2 amide bonds. The fourth-order valence-electron chi connectivity index (χ4n) is 2.33. The lowest BCUT2D eigenvalue weighted by Gasteiger charge is -2.34. The molecule has 2 aliphatic heterocycles. The molecule has 20 heavy (non-hydrogen) atoms. The molecule has 3 atom stereocenters. The van der Waals surface area contributed by atoms with Gasteiger partial charge in [0, 0.05) is 19.1 Å². The number of piperidine rings is 1. The van der Waals surface area contributed by atoms with Gasteiger partial charge in [0.1, 0.15) is 5.60 Å². The maximum Gasteiger partial charge on any atom is 0.410 e. The fourth-order valence-corrected chi connectivity index (χ4v) is 2.33. The maximum atomic E-state index is 12.0. The molecule has 2 rings (SSSR count). The van der Waals surface area contributed by atoms with E-state index in [-0.39, 0.29) is 30.3 Å². The number of amides is 2. The van der Waals surface area contributed by atoms with Crippen molar-refractivity contribution in [3.8, 4) is 0 Å². The first-order chi connectivity index (χ1) is 9.26. The minimum absolute atomic E-state index is 0.0137. The molecule has 6 nitrogen and oxygen atoms in total. The van der Waals surface area contributed by atoms with Gasteiger partial charge in [0.15, 0.2) is 6.10 Å². The van der Waals surface area contributed by atoms with Crippen molar-refractivity contribution in [2.75, 3.05) is 13.1 Å². The molecular weight excluding hydrogens is 260 g/mol. The van der Waals surface area contributed by atoms with Gasteiger partial charge < -0.3 is 19.7 Å². The molecular formula is C14H24N2O4. The number of carbonyl (C=O) groups excluding carboxylic acids is 2. The Hall–Kier alpha value is -1.30. The van der Waals surface area contributed by atoms with Gasteiger partial charge in [-0.15, -0.1) is 0 Å². The highest BCUT2D eigenvalue weighted by Gasteiger charge is 2.42. The number of hydrogen-bond acceptors (Lipinski definition) is 4. The second-order valence-electron chi connectivity index (χ2n) is 6.54. The number of ether oxygens (including phenoxy) is 2. The van der Waals surface area contributed by atoms with Gasteiger partial charge in [0.25, 0.3) is 5.91 Å². The van der Waals surface area contributed by atoms with Crippen LogP contribution in [0.1, 0.15) is 40.5 Å². The van der Waals surface area contributed by atoms with Crippen LogP contribution in [0, 0.1) is 0 Å². The molecule has 2 saturated heterocycles. The lowest BCUT2D eigenvalue weighted by Crippen LogP contribution is -2.51. The summed E-state index contributed by atoms with van der Waals surface area (Å²) >= 11 is 0. The minimum atomic E-state index is -0.495. The summed E-state index contributed by atoms with van der Waals surface area (Å²) in [7, 11) is 0. The van der Waals surface area contributed by atoms with E-state index >= 15 is 0 Å². The highest BCUT2D eigenvalue weighted by molar-refractivity contribution is 5.83. The number of carbonyl (C=O) groups is 2. The average molecular weight is 284 g/mol. The Morgan fingerprint density at radius 1 is 1.35 bits per heavy atom. The van der Waals surface area contributed by atoms with Crippen LogP contribution in [0.25, 0.3) is 0 Å². The molecule has 0 spiro atoms. The SMILES string of the molecule is C[C@@H]1O[C@H]1C(=O)N[C@H]1CCCN(C(=O)OC(C)(C)C)C1. The average Bonchev–Trinajstić information content (AvgIpc) is 3.05. The van der Waals surface area contributed by atoms with Crippen LogP contribution >= 0.6 is 0 Å². The molecule has 2 fully saturated rings. The van der Waals surface area contributed by atoms with E-state index in [4.69, 9.17) is 9.47 Å². The van der Waals surface area contributed by atoms with Crippen LogP contribution in [0.2, 0.25) is 0 Å². The van der Waals surface area contributed by atoms with Crippen molar-refractivity contribution in [1.82, 2.24) is 10.2 Å². The molecule has 2 heterocycles. The van der Waals surface area contributed by atoms with Gasteiger partial charge in [-0.3, -0.25) is 4.79 Å². The van der Waals surface area contributed by atoms with Crippen LogP contribution in [-0.2, 0) is 14.3 Å². The predicted molar refractivity (Wildman–Crippen MR) is 73.3 cm³/mol. The highest BCUT2D eigenvalue weighted by Crippen LogP contribution is 2.22. The zero-order valence-corrected chi connectivity index (χ0v) is 12.6. The van der Waals surface area contributed by atoms with Crippen molar-refractivity contribution in [2.45, 2.75) is 64.4 Å². The Labute approximate surface area is 119 Å². The summed E-state index contributed by atoms with van der Waals surface area (Å²) in [5, 5.41) is 2.95. The third-order valence-corrected chi connectivity index (χ3v) is 3.39. The number of nitrogens with one attached hydrogen (secondary N) is 1. The van der Waals surface area contributed by atoms with E-state index in [1.54, 1.807) is 4.90 Å². The van der Waals surface area contributed by atoms with Crippen LogP contribution in [-0.4, -0.2) is 53.8 Å². The summed E-state index contributed by atoms with van der Waals surface area (Å²) in [5.74, 6) is -0.0754. The van der Waals surface area contributed by atoms with E-state index in [1.165, 1.54) is 0 Å². The Bertz CT molecular complexity index is 391. The highest BCUT2D eigenvalue weighted by atomic mass is 16.6. The van der Waals surface area contributed by atoms with Crippen LogP contribution in [0.3, 0.4) is 0 Å². The smallest absolute Gasteiger partial charge is 0.410 e. The molecule has 0 bridgehead atoms. The van der Waals surface area contributed by atoms with Crippen LogP contribution in [0.15, 0.2) is 0 Å². The molecule has 0 unspecified atom stereocenters. The Balaban J connectivity index is 1.82. The number of epoxide rings is 1. The predicted octanol–water partition coefficient (Wildman–Crippen LogP) is 1.29. The van der Waals surface area contributed by atoms with Crippen LogP contribution in [0.5, 0.6) is 0 Å². The van der Waals surface area contributed by atoms with E-state index in [0.717, 1.165) is 12.8 Å². The summed E-state index contributed by atoms with van der Waals surface area (Å²) in [6.45, 7) is 8.59. The summed E-state index contributed by atoms with van der Waals surface area (Å²) < 4.78 is 10.5. The first kappa shape index (κ1) is 15.1. The standard InChI is InChI=1S/C14H24N2O4/c1-9-11(19-9)12(17)15-10-6-5-7-16(8-10)13(18)20-14(2,3)4/h9-11H,5-8H2,1-4H3,(H,15,17)/t9-,10-,11+/m0/s1. The normalized spacial score (nSPS) is 29.8. The largest absolute Gasteiger partial charge is 0.444 e. The molecule has 0 aromatic heterocycles. The summed E-state index contributed by atoms with van der Waals surface area (Å²) in [4.78, 5) is 25.5. The summed E-state index contributed by atoms with van der Waals surface area (Å²) in [6, 6.07) is -0.0137. The van der Waals surface area contributed by atoms with Gasteiger partial charge in [0.2, 0.25) is 0 Å². The van der Waals surface area contributed by atoms with Gasteiger partial charge >= 0.3 is 6.09 Å². The maximum absolute atomic E-state index is 12.0. The zero-order valence-electron chi connectivity index (χ0n) is 12.6. The topological polar surface area (TPSA) is 71.2 Å². The van der Waals surface area contributed by atoms with Crippen molar-refractivity contribution in [3.05, 3.63) is 0 Å². The van der Waals surface area contributed by atoms with Gasteiger partial charge in [-0.05, 0) is 40.5 Å². The minimum Gasteiger partial charge on any atom is -0.444 e. The van der Waals surface area contributed by atoms with Crippen LogP contribution in [0.4, 0.5) is 4.79 Å². The van der Waals surface area contributed by atoms with E-state index in [2.05, 4.69) is 5.32 Å². The molecule has 6 heteroatoms. The summed E-state index contributed by atoms with van der Waals surface area (Å²) in [6.07, 6.45) is 1.14. The molecule has 1 N–H and O–H groups in total. The Morgan fingerprint density at radius 3 is 2.55 bits per heavy atom. The lowest BCUT2D eigenvalue weighted by molar-refractivity contribution is -0.123. The fraction of sp³-hybridized carbons (Fsp3) is 0.857. The molecule has 0 aromatic carbocycles. The number of rotatable bonds is 2. The van der Waals surface area contributed by atoms with Gasteiger partial charge in [-0.1, -0.05) is 0 Å². The van der Waals surface area contributed by atoms with Crippen molar-refractivity contribution in [3.63, 3.8) is 0 Å². The quantitative estimate of drug-likeness (QED) is 0.776. The van der Waals surface area contributed by atoms with E-state index in [9.17, 15) is 9.59 Å². The van der Waals surface area contributed by atoms with Crippen molar-refractivity contribution >= 4 is 12.0 Å². The summed E-state index contributed by atoms with van der Waals surface area (Å²) in [5.41, 5.74) is -0.495. The molecule has 0 aliphatic carbocycles. The van der Waals surface area contributed by atoms with E-state index < -0.39 is 5.60 Å². The number of likely N-dealkylation sites (tertiary alicyclic amines) is 1. The van der Waals surface area contributed by atoms with Crippen molar-refractivity contribution in [2.24, 2.45) is 0 Å². The second-order valence-corrected chi connectivity index (χ2v) is 6.54. The van der Waals surface area contributed by atoms with Crippen molar-refractivity contribution < 1.29 is 19.1 Å². The van der Waals surface area contributed by atoms with E-state index in [1.807, 2.05) is 27.7 Å². The first-order valence-corrected chi connectivity index (χ1v) is 7.20. The van der Waals surface area contributed by atoms with Crippen LogP contribution < -0.4 is 5.32 Å².